The highest BCUT2D eigenvalue weighted by Gasteiger charge is 2.38. The minimum Gasteiger partial charge on any atom is -0.482 e. The minimum absolute atomic E-state index is 0.196. The van der Waals surface area contributed by atoms with Crippen LogP contribution in [0.15, 0.2) is 24.3 Å². The van der Waals surface area contributed by atoms with E-state index in [-0.39, 0.29) is 10.8 Å². The van der Waals surface area contributed by atoms with Crippen molar-refractivity contribution in [2.75, 3.05) is 6.61 Å². The van der Waals surface area contributed by atoms with Crippen molar-refractivity contribution in [2.24, 2.45) is 0 Å². The van der Waals surface area contributed by atoms with Gasteiger partial charge < -0.3 is 4.74 Å². The number of hydrogen-bond donors (Lipinski definition) is 2. The van der Waals surface area contributed by atoms with Crippen LogP contribution in [0.5, 0.6) is 5.75 Å². The highest BCUT2D eigenvalue weighted by Crippen LogP contribution is 2.22. The van der Waals surface area contributed by atoms with Gasteiger partial charge in [0.1, 0.15) is 5.75 Å². The van der Waals surface area contributed by atoms with Crippen LogP contribution < -0.4 is 15.6 Å². The van der Waals surface area contributed by atoms with E-state index in [1.807, 2.05) is 0 Å². The van der Waals surface area contributed by atoms with Gasteiger partial charge >= 0.3 is 12.1 Å². The van der Waals surface area contributed by atoms with E-state index in [0.717, 1.165) is 0 Å². The second-order valence-electron chi connectivity index (χ2n) is 3.22. The number of hydrogen-bond acceptors (Lipinski definition) is 3. The van der Waals surface area contributed by atoms with E-state index in [0.29, 0.717) is 0 Å². The summed E-state index contributed by atoms with van der Waals surface area (Å²) in [6.45, 7) is -0.595. The topological polar surface area (TPSA) is 67.4 Å². The number of rotatable bonds is 3. The Bertz CT molecular complexity index is 479. The van der Waals surface area contributed by atoms with Crippen molar-refractivity contribution < 1.29 is 27.5 Å². The molecule has 19 heavy (non-hydrogen) atoms. The van der Waals surface area contributed by atoms with Crippen LogP contribution in [0.2, 0.25) is 5.02 Å². The number of benzene rings is 1. The molecule has 104 valence electrons. The van der Waals surface area contributed by atoms with Gasteiger partial charge in [-0.15, -0.1) is 0 Å². The number of hydrazine groups is 1. The molecule has 0 aliphatic heterocycles. The molecular weight excluding hydrogens is 289 g/mol. The van der Waals surface area contributed by atoms with Gasteiger partial charge in [0.25, 0.3) is 5.91 Å². The molecule has 1 rings (SSSR count). The molecule has 0 aromatic heterocycles. The summed E-state index contributed by atoms with van der Waals surface area (Å²) >= 11 is 5.72. The quantitative estimate of drug-likeness (QED) is 0.829. The average molecular weight is 297 g/mol. The van der Waals surface area contributed by atoms with Crippen molar-refractivity contribution in [3.05, 3.63) is 29.3 Å². The molecule has 9 heteroatoms. The molecular formula is C10H8ClF3N2O3. The van der Waals surface area contributed by atoms with Gasteiger partial charge in [-0.3, -0.25) is 20.4 Å². The zero-order valence-corrected chi connectivity index (χ0v) is 10.0. The van der Waals surface area contributed by atoms with Crippen LogP contribution >= 0.6 is 11.6 Å². The third-order valence-corrected chi connectivity index (χ3v) is 2.08. The highest BCUT2D eigenvalue weighted by molar-refractivity contribution is 6.32. The molecule has 0 atom stereocenters. The van der Waals surface area contributed by atoms with E-state index in [9.17, 15) is 22.8 Å². The molecule has 5 nitrogen and oxygen atoms in total. The van der Waals surface area contributed by atoms with Crippen LogP contribution in [0.3, 0.4) is 0 Å². The van der Waals surface area contributed by atoms with Crippen LogP contribution in [0, 0.1) is 0 Å². The van der Waals surface area contributed by atoms with Gasteiger partial charge in [-0.05, 0) is 12.1 Å². The first-order valence-corrected chi connectivity index (χ1v) is 5.22. The molecule has 1 aromatic carbocycles. The Hall–Kier alpha value is -1.96. The van der Waals surface area contributed by atoms with E-state index in [2.05, 4.69) is 0 Å². The standard InChI is InChI=1S/C10H8ClF3N2O3/c11-6-3-1-2-4-7(6)19-5-8(17)15-16-9(18)10(12,13)14/h1-4H,5H2,(H,15,17)(H,16,18). The monoisotopic (exact) mass is 296 g/mol. The third kappa shape index (κ3) is 5.04. The van der Waals surface area contributed by atoms with Gasteiger partial charge in [0.05, 0.1) is 5.02 Å². The first-order chi connectivity index (χ1) is 8.80. The Morgan fingerprint density at radius 3 is 2.42 bits per heavy atom. The van der Waals surface area contributed by atoms with Crippen molar-refractivity contribution in [2.45, 2.75) is 6.18 Å². The average Bonchev–Trinajstić information content (AvgIpc) is 2.33. The van der Waals surface area contributed by atoms with E-state index in [1.54, 1.807) is 17.6 Å². The maximum atomic E-state index is 11.8. The lowest BCUT2D eigenvalue weighted by atomic mass is 10.3. The van der Waals surface area contributed by atoms with Crippen LogP contribution in [-0.4, -0.2) is 24.6 Å². The predicted octanol–water partition coefficient (Wildman–Crippen LogP) is 1.43. The number of halogens is 4. The van der Waals surface area contributed by atoms with Gasteiger partial charge in [0, 0.05) is 0 Å². The molecule has 0 saturated carbocycles. The zero-order chi connectivity index (χ0) is 14.5. The normalized spacial score (nSPS) is 10.7. The van der Waals surface area contributed by atoms with Gasteiger partial charge in [-0.25, -0.2) is 0 Å². The summed E-state index contributed by atoms with van der Waals surface area (Å²) in [5.41, 5.74) is 2.75. The molecule has 0 radical (unpaired) electrons. The maximum Gasteiger partial charge on any atom is 0.472 e. The van der Waals surface area contributed by atoms with E-state index in [4.69, 9.17) is 16.3 Å². The van der Waals surface area contributed by atoms with Crippen molar-refractivity contribution in [3.63, 3.8) is 0 Å². The first kappa shape index (κ1) is 15.1. The lowest BCUT2D eigenvalue weighted by Crippen LogP contribution is -2.49. The van der Waals surface area contributed by atoms with Gasteiger partial charge in [0.2, 0.25) is 0 Å². The second kappa shape index (κ2) is 6.28. The maximum absolute atomic E-state index is 11.8. The summed E-state index contributed by atoms with van der Waals surface area (Å²) in [4.78, 5) is 21.5. The highest BCUT2D eigenvalue weighted by atomic mass is 35.5. The van der Waals surface area contributed by atoms with Crippen LogP contribution in [0.25, 0.3) is 0 Å². The number of carbonyl (C=O) groups excluding carboxylic acids is 2. The fourth-order valence-corrected chi connectivity index (χ4v) is 1.13. The summed E-state index contributed by atoms with van der Waals surface area (Å²) in [6, 6.07) is 6.23. The third-order valence-electron chi connectivity index (χ3n) is 1.77. The van der Waals surface area contributed by atoms with Crippen LogP contribution in [-0.2, 0) is 9.59 Å². The Morgan fingerprint density at radius 1 is 1.21 bits per heavy atom. The van der Waals surface area contributed by atoms with Crippen LogP contribution in [0.1, 0.15) is 0 Å². The summed E-state index contributed by atoms with van der Waals surface area (Å²) in [5, 5.41) is 0.245. The first-order valence-electron chi connectivity index (χ1n) is 4.84. The molecule has 0 bridgehead atoms. The van der Waals surface area contributed by atoms with E-state index < -0.39 is 24.6 Å². The predicted molar refractivity (Wildman–Crippen MR) is 59.3 cm³/mol. The SMILES string of the molecule is O=C(COc1ccccc1Cl)NNC(=O)C(F)(F)F. The molecule has 0 heterocycles. The number of alkyl halides is 3. The molecule has 0 aliphatic carbocycles. The molecule has 0 spiro atoms. The molecule has 0 saturated heterocycles. The lowest BCUT2D eigenvalue weighted by Gasteiger charge is -2.10. The largest absolute Gasteiger partial charge is 0.482 e. The van der Waals surface area contributed by atoms with Gasteiger partial charge in [0.15, 0.2) is 6.61 Å². The summed E-state index contributed by atoms with van der Waals surface area (Å²) in [5.74, 6) is -3.04. The zero-order valence-electron chi connectivity index (χ0n) is 9.25. The molecule has 0 fully saturated rings. The number of nitrogens with one attached hydrogen (secondary N) is 2. The van der Waals surface area contributed by atoms with Crippen LogP contribution in [0.4, 0.5) is 13.2 Å². The minimum atomic E-state index is -5.07. The van der Waals surface area contributed by atoms with E-state index >= 15 is 0 Å². The Labute approximate surface area is 110 Å². The second-order valence-corrected chi connectivity index (χ2v) is 3.63. The summed E-state index contributed by atoms with van der Waals surface area (Å²) in [7, 11) is 0. The lowest BCUT2D eigenvalue weighted by molar-refractivity contribution is -0.175. The Kier molecular flexibility index (Phi) is 4.99. The fraction of sp³-hybridized carbons (Fsp3) is 0.200. The summed E-state index contributed by atoms with van der Waals surface area (Å²) in [6.07, 6.45) is -5.07. The smallest absolute Gasteiger partial charge is 0.472 e. The number of para-hydroxylation sites is 1. The number of amides is 2. The summed E-state index contributed by atoms with van der Waals surface area (Å²) < 4.78 is 40.3. The number of carbonyl (C=O) groups is 2. The molecule has 2 amide bonds. The number of ether oxygens (including phenoxy) is 1. The Morgan fingerprint density at radius 2 is 1.84 bits per heavy atom. The van der Waals surface area contributed by atoms with Crippen molar-refractivity contribution in [1.82, 2.24) is 10.9 Å². The van der Waals surface area contributed by atoms with Gasteiger partial charge in [-0.1, -0.05) is 23.7 Å². The molecule has 1 aromatic rings. The van der Waals surface area contributed by atoms with Gasteiger partial charge in [-0.2, -0.15) is 13.2 Å². The van der Waals surface area contributed by atoms with Crippen molar-refractivity contribution >= 4 is 23.4 Å². The van der Waals surface area contributed by atoms with Crippen molar-refractivity contribution in [3.8, 4) is 5.75 Å². The van der Waals surface area contributed by atoms with E-state index in [1.165, 1.54) is 17.6 Å². The fourth-order valence-electron chi connectivity index (χ4n) is 0.939. The Balaban J connectivity index is 2.37. The van der Waals surface area contributed by atoms with Crippen molar-refractivity contribution in [1.29, 1.82) is 0 Å². The molecule has 0 aliphatic rings. The molecule has 2 N–H and O–H groups in total. The molecule has 0 unspecified atom stereocenters.